The Kier molecular flexibility index (Phi) is 7.45. The number of halogens is 2. The quantitative estimate of drug-likeness (QED) is 0.157. The van der Waals surface area contributed by atoms with Crippen LogP contribution in [0.15, 0.2) is 88.4 Å². The number of nitrogens with zero attached hydrogens (tertiary/aromatic N) is 5. The lowest BCUT2D eigenvalue weighted by Gasteiger charge is -2.21. The Balaban J connectivity index is 1.36. The van der Waals surface area contributed by atoms with Crippen LogP contribution in [-0.2, 0) is 0 Å². The second kappa shape index (κ2) is 11.1. The molecule has 9 nitrogen and oxygen atoms in total. The molecule has 1 amide bonds. The van der Waals surface area contributed by atoms with Crippen LogP contribution in [0.4, 0.5) is 10.8 Å². The first-order valence-electron chi connectivity index (χ1n) is 11.3. The largest absolute Gasteiger partial charge is 0.290 e. The van der Waals surface area contributed by atoms with Gasteiger partial charge in [-0.25, -0.2) is 15.4 Å². The highest BCUT2D eigenvalue weighted by atomic mass is 35.5. The molecule has 5 rings (SSSR count). The number of hydrogen-bond acceptors (Lipinski definition) is 8. The molecule has 2 heterocycles. The summed E-state index contributed by atoms with van der Waals surface area (Å²) in [7, 11) is 0. The van der Waals surface area contributed by atoms with Gasteiger partial charge in [-0.15, -0.1) is 11.3 Å². The number of rotatable bonds is 7. The molecule has 1 aliphatic rings. The lowest BCUT2D eigenvalue weighted by molar-refractivity contribution is -0.384. The Hall–Kier alpha value is -4.12. The van der Waals surface area contributed by atoms with Crippen molar-refractivity contribution in [2.75, 3.05) is 5.01 Å². The second-order valence-electron chi connectivity index (χ2n) is 8.21. The van der Waals surface area contributed by atoms with E-state index in [0.29, 0.717) is 22.1 Å². The summed E-state index contributed by atoms with van der Waals surface area (Å²) in [4.78, 5) is 27.7. The average molecular weight is 565 g/mol. The van der Waals surface area contributed by atoms with Gasteiger partial charge in [-0.3, -0.25) is 14.9 Å². The van der Waals surface area contributed by atoms with Crippen LogP contribution in [0.5, 0.6) is 0 Å². The monoisotopic (exact) mass is 564 g/mol. The number of carbonyl (C=O) groups is 1. The number of hydrogen-bond donors (Lipinski definition) is 1. The topological polar surface area (TPSA) is 113 Å². The number of non-ortho nitro benzene ring substituents is 1. The minimum absolute atomic E-state index is 0.126. The number of carbonyl (C=O) groups excluding carboxylic acids is 1. The van der Waals surface area contributed by atoms with E-state index in [1.807, 2.05) is 59.6 Å². The van der Waals surface area contributed by atoms with E-state index in [-0.39, 0.29) is 22.4 Å². The normalized spacial score (nSPS) is 15.1. The van der Waals surface area contributed by atoms with Crippen LogP contribution in [0, 0.1) is 10.1 Å². The maximum Gasteiger partial charge on any atom is 0.290 e. The number of nitro benzene ring substituents is 1. The van der Waals surface area contributed by atoms with Gasteiger partial charge in [-0.1, -0.05) is 65.7 Å². The average Bonchev–Trinajstić information content (AvgIpc) is 3.58. The molecular weight excluding hydrogens is 547 g/mol. The van der Waals surface area contributed by atoms with Gasteiger partial charge in [0.1, 0.15) is 5.69 Å². The molecule has 38 heavy (non-hydrogen) atoms. The van der Waals surface area contributed by atoms with E-state index in [2.05, 4.69) is 15.5 Å². The molecule has 0 fully saturated rings. The third kappa shape index (κ3) is 5.57. The molecule has 0 saturated carbocycles. The Morgan fingerprint density at radius 2 is 1.89 bits per heavy atom. The first-order chi connectivity index (χ1) is 18.4. The van der Waals surface area contributed by atoms with Crippen molar-refractivity contribution in [1.82, 2.24) is 10.4 Å². The van der Waals surface area contributed by atoms with Crippen LogP contribution >= 0.6 is 34.5 Å². The summed E-state index contributed by atoms with van der Waals surface area (Å²) in [6, 6.07) is 21.3. The van der Waals surface area contributed by atoms with Crippen LogP contribution in [-0.4, -0.2) is 27.7 Å². The van der Waals surface area contributed by atoms with E-state index in [9.17, 15) is 14.9 Å². The molecule has 0 saturated heterocycles. The zero-order chi connectivity index (χ0) is 26.6. The van der Waals surface area contributed by atoms with Crippen molar-refractivity contribution in [1.29, 1.82) is 0 Å². The molecule has 1 aliphatic heterocycles. The highest BCUT2D eigenvalue weighted by Crippen LogP contribution is 2.38. The summed E-state index contributed by atoms with van der Waals surface area (Å²) in [5.41, 5.74) is 5.64. The Morgan fingerprint density at radius 3 is 2.63 bits per heavy atom. The molecule has 190 valence electrons. The second-order valence-corrected chi connectivity index (χ2v) is 9.89. The maximum absolute atomic E-state index is 12.7. The number of benzene rings is 3. The molecule has 1 aromatic heterocycles. The standard InChI is InChI=1S/C26H18Cl2N6O3S/c27-19-8-6-17(7-9-19)24-13-22(16-4-2-1-3-5-16)32-33(24)26-30-23(15-38-26)25(35)31-29-14-18-12-20(34(36)37)10-11-21(18)28/h1-12,14-15,24H,13H2,(H,31,35). The summed E-state index contributed by atoms with van der Waals surface area (Å²) in [5, 5.41) is 24.6. The van der Waals surface area contributed by atoms with E-state index in [0.717, 1.165) is 16.8 Å². The molecule has 0 spiro atoms. The molecule has 3 aromatic carbocycles. The van der Waals surface area contributed by atoms with Crippen molar-refractivity contribution in [3.8, 4) is 0 Å². The fraction of sp³-hybridized carbons (Fsp3) is 0.0769. The third-order valence-corrected chi connectivity index (χ3v) is 7.18. The van der Waals surface area contributed by atoms with E-state index in [1.54, 1.807) is 5.38 Å². The minimum Gasteiger partial charge on any atom is -0.266 e. The number of amides is 1. The van der Waals surface area contributed by atoms with Crippen molar-refractivity contribution in [2.45, 2.75) is 12.5 Å². The highest BCUT2D eigenvalue weighted by molar-refractivity contribution is 7.14. The zero-order valence-corrected chi connectivity index (χ0v) is 21.8. The summed E-state index contributed by atoms with van der Waals surface area (Å²) in [5.74, 6) is -0.542. The Morgan fingerprint density at radius 1 is 1.13 bits per heavy atom. The predicted octanol–water partition coefficient (Wildman–Crippen LogP) is 6.48. The summed E-state index contributed by atoms with van der Waals surface area (Å²) < 4.78 is 0. The van der Waals surface area contributed by atoms with Gasteiger partial charge in [0.2, 0.25) is 5.13 Å². The van der Waals surface area contributed by atoms with Gasteiger partial charge >= 0.3 is 0 Å². The van der Waals surface area contributed by atoms with Gasteiger partial charge in [-0.05, 0) is 29.3 Å². The minimum atomic E-state index is -0.542. The van der Waals surface area contributed by atoms with Gasteiger partial charge in [0.25, 0.3) is 11.6 Å². The first-order valence-corrected chi connectivity index (χ1v) is 12.9. The summed E-state index contributed by atoms with van der Waals surface area (Å²) in [6.45, 7) is 0. The fourth-order valence-corrected chi connectivity index (χ4v) is 4.97. The molecular formula is C26H18Cl2N6O3S. The third-order valence-electron chi connectivity index (χ3n) is 5.75. The van der Waals surface area contributed by atoms with Crippen LogP contribution in [0.25, 0.3) is 0 Å². The van der Waals surface area contributed by atoms with Crippen LogP contribution in [0.2, 0.25) is 10.0 Å². The summed E-state index contributed by atoms with van der Waals surface area (Å²) >= 11 is 13.5. The number of anilines is 1. The zero-order valence-electron chi connectivity index (χ0n) is 19.5. The number of thiazole rings is 1. The van der Waals surface area contributed by atoms with E-state index in [1.165, 1.54) is 35.8 Å². The smallest absolute Gasteiger partial charge is 0.266 e. The van der Waals surface area contributed by atoms with Crippen molar-refractivity contribution in [3.63, 3.8) is 0 Å². The van der Waals surface area contributed by atoms with Crippen molar-refractivity contribution < 1.29 is 9.72 Å². The molecule has 1 unspecified atom stereocenters. The van der Waals surface area contributed by atoms with Gasteiger partial charge in [0, 0.05) is 39.5 Å². The Bertz CT molecular complexity index is 1560. The number of nitro groups is 1. The molecule has 0 radical (unpaired) electrons. The van der Waals surface area contributed by atoms with Crippen molar-refractivity contribution >= 4 is 63.2 Å². The van der Waals surface area contributed by atoms with Gasteiger partial charge in [-0.2, -0.15) is 10.2 Å². The Labute approximate surface area is 231 Å². The predicted molar refractivity (Wildman–Crippen MR) is 150 cm³/mol. The van der Waals surface area contributed by atoms with Crippen LogP contribution < -0.4 is 10.4 Å². The van der Waals surface area contributed by atoms with Crippen molar-refractivity contribution in [3.05, 3.63) is 121 Å². The van der Waals surface area contributed by atoms with Crippen LogP contribution in [0.1, 0.15) is 39.6 Å². The SMILES string of the molecule is O=C(NN=Cc1cc([N+](=O)[O-])ccc1Cl)c1csc(N2N=C(c3ccccc3)CC2c2ccc(Cl)cc2)n1. The highest BCUT2D eigenvalue weighted by Gasteiger charge is 2.32. The van der Waals surface area contributed by atoms with Gasteiger partial charge < -0.3 is 0 Å². The lowest BCUT2D eigenvalue weighted by atomic mass is 9.99. The van der Waals surface area contributed by atoms with E-state index < -0.39 is 10.8 Å². The van der Waals surface area contributed by atoms with E-state index >= 15 is 0 Å². The van der Waals surface area contributed by atoms with Crippen LogP contribution in [0.3, 0.4) is 0 Å². The number of aromatic nitrogens is 1. The van der Waals surface area contributed by atoms with Gasteiger partial charge in [0.05, 0.1) is 22.9 Å². The molecule has 0 aliphatic carbocycles. The number of hydrazone groups is 2. The van der Waals surface area contributed by atoms with Crippen molar-refractivity contribution in [2.24, 2.45) is 10.2 Å². The molecule has 12 heteroatoms. The molecule has 1 atom stereocenters. The number of nitrogens with one attached hydrogen (secondary N) is 1. The van der Waals surface area contributed by atoms with Gasteiger partial charge in [0.15, 0.2) is 0 Å². The van der Waals surface area contributed by atoms with E-state index in [4.69, 9.17) is 28.3 Å². The molecule has 4 aromatic rings. The first kappa shape index (κ1) is 25.5. The molecule has 0 bridgehead atoms. The molecule has 1 N–H and O–H groups in total. The lowest BCUT2D eigenvalue weighted by Crippen LogP contribution is -2.20. The summed E-state index contributed by atoms with van der Waals surface area (Å²) in [6.07, 6.45) is 1.90. The maximum atomic E-state index is 12.7. The fourth-order valence-electron chi connectivity index (χ4n) is 3.87.